The summed E-state index contributed by atoms with van der Waals surface area (Å²) in [4.78, 5) is 12.0. The maximum atomic E-state index is 12.0. The van der Waals surface area contributed by atoms with Crippen molar-refractivity contribution in [2.24, 2.45) is 7.05 Å². The second kappa shape index (κ2) is 5.10. The number of allylic oxidation sites excluding steroid dienone is 1. The van der Waals surface area contributed by atoms with Crippen LogP contribution in [0.25, 0.3) is 6.08 Å². The van der Waals surface area contributed by atoms with Crippen molar-refractivity contribution in [2.75, 3.05) is 0 Å². The average molecular weight is 256 g/mol. The molecule has 4 heteroatoms. The molecule has 2 rings (SSSR count). The first-order valence-corrected chi connectivity index (χ1v) is 6.00. The van der Waals surface area contributed by atoms with Gasteiger partial charge in [0.2, 0.25) is 0 Å². The van der Waals surface area contributed by atoms with Gasteiger partial charge in [0.1, 0.15) is 5.75 Å². The molecule has 0 saturated heterocycles. The Hall–Kier alpha value is -2.36. The van der Waals surface area contributed by atoms with E-state index in [4.69, 9.17) is 0 Å². The van der Waals surface area contributed by atoms with Crippen molar-refractivity contribution in [3.63, 3.8) is 0 Å². The molecule has 0 unspecified atom stereocenters. The SMILES string of the molecule is Cc1nn(C)c(C)c1/C=C/C(=O)c1cccc(O)c1. The Morgan fingerprint density at radius 2 is 2.11 bits per heavy atom. The second-order valence-electron chi connectivity index (χ2n) is 4.46. The van der Waals surface area contributed by atoms with Crippen LogP contribution in [0.2, 0.25) is 0 Å². The summed E-state index contributed by atoms with van der Waals surface area (Å²) in [7, 11) is 1.87. The lowest BCUT2D eigenvalue weighted by Crippen LogP contribution is -1.94. The molecule has 0 spiro atoms. The standard InChI is InChI=1S/C15H16N2O2/c1-10-14(11(2)17(3)16-10)7-8-15(19)12-5-4-6-13(18)9-12/h4-9,18H,1-3H3/b8-7+. The van der Waals surface area contributed by atoms with Gasteiger partial charge in [-0.15, -0.1) is 0 Å². The van der Waals surface area contributed by atoms with Crippen LogP contribution in [-0.4, -0.2) is 20.7 Å². The number of carbonyl (C=O) groups is 1. The number of aryl methyl sites for hydroxylation is 2. The van der Waals surface area contributed by atoms with Gasteiger partial charge in [0.05, 0.1) is 5.69 Å². The number of rotatable bonds is 3. The van der Waals surface area contributed by atoms with Crippen molar-refractivity contribution in [2.45, 2.75) is 13.8 Å². The van der Waals surface area contributed by atoms with Crippen molar-refractivity contribution in [3.8, 4) is 5.75 Å². The zero-order valence-electron chi connectivity index (χ0n) is 11.2. The van der Waals surface area contributed by atoms with Gasteiger partial charge in [0.15, 0.2) is 5.78 Å². The van der Waals surface area contributed by atoms with Crippen LogP contribution in [0.4, 0.5) is 0 Å². The van der Waals surface area contributed by atoms with E-state index in [-0.39, 0.29) is 11.5 Å². The molecule has 19 heavy (non-hydrogen) atoms. The third-order valence-electron chi connectivity index (χ3n) is 3.10. The van der Waals surface area contributed by atoms with Crippen molar-refractivity contribution < 1.29 is 9.90 Å². The fraction of sp³-hybridized carbons (Fsp3) is 0.200. The summed E-state index contributed by atoms with van der Waals surface area (Å²) >= 11 is 0. The monoisotopic (exact) mass is 256 g/mol. The highest BCUT2D eigenvalue weighted by molar-refractivity contribution is 6.07. The Kier molecular flexibility index (Phi) is 3.51. The van der Waals surface area contributed by atoms with Gasteiger partial charge in [-0.1, -0.05) is 12.1 Å². The molecule has 0 atom stereocenters. The second-order valence-corrected chi connectivity index (χ2v) is 4.46. The smallest absolute Gasteiger partial charge is 0.185 e. The molecular weight excluding hydrogens is 240 g/mol. The van der Waals surface area contributed by atoms with Gasteiger partial charge >= 0.3 is 0 Å². The summed E-state index contributed by atoms with van der Waals surface area (Å²) in [6, 6.07) is 6.32. The highest BCUT2D eigenvalue weighted by Gasteiger charge is 2.07. The molecule has 0 fully saturated rings. The minimum absolute atomic E-state index is 0.0907. The lowest BCUT2D eigenvalue weighted by molar-refractivity contribution is 0.104. The van der Waals surface area contributed by atoms with Crippen LogP contribution in [0.5, 0.6) is 5.75 Å². The fourth-order valence-electron chi connectivity index (χ4n) is 1.95. The molecule has 4 nitrogen and oxygen atoms in total. The normalized spacial score (nSPS) is 11.1. The number of benzene rings is 1. The predicted octanol–water partition coefficient (Wildman–Crippen LogP) is 2.64. The van der Waals surface area contributed by atoms with Gasteiger partial charge in [-0.25, -0.2) is 0 Å². The van der Waals surface area contributed by atoms with Crippen LogP contribution in [0.1, 0.15) is 27.3 Å². The molecule has 2 aromatic rings. The molecule has 0 bridgehead atoms. The Labute approximate surface area is 112 Å². The van der Waals surface area contributed by atoms with Gasteiger partial charge in [0.25, 0.3) is 0 Å². The van der Waals surface area contributed by atoms with E-state index in [1.54, 1.807) is 22.9 Å². The third kappa shape index (κ3) is 2.73. The van der Waals surface area contributed by atoms with E-state index in [1.807, 2.05) is 20.9 Å². The summed E-state index contributed by atoms with van der Waals surface area (Å²) in [5, 5.41) is 13.6. The van der Waals surface area contributed by atoms with E-state index in [0.29, 0.717) is 5.56 Å². The molecular formula is C15H16N2O2. The van der Waals surface area contributed by atoms with Crippen LogP contribution in [0.3, 0.4) is 0 Å². The van der Waals surface area contributed by atoms with E-state index in [2.05, 4.69) is 5.10 Å². The zero-order chi connectivity index (χ0) is 14.0. The molecule has 0 aliphatic heterocycles. The van der Waals surface area contributed by atoms with E-state index in [9.17, 15) is 9.90 Å². The van der Waals surface area contributed by atoms with E-state index in [0.717, 1.165) is 17.0 Å². The van der Waals surface area contributed by atoms with Crippen molar-refractivity contribution in [1.82, 2.24) is 9.78 Å². The maximum Gasteiger partial charge on any atom is 0.185 e. The quantitative estimate of drug-likeness (QED) is 0.678. The lowest BCUT2D eigenvalue weighted by atomic mass is 10.1. The number of aromatic nitrogens is 2. The summed E-state index contributed by atoms with van der Waals surface area (Å²) in [6.45, 7) is 3.87. The molecule has 0 aliphatic rings. The van der Waals surface area contributed by atoms with Crippen LogP contribution < -0.4 is 0 Å². The van der Waals surface area contributed by atoms with Gasteiger partial charge in [0, 0.05) is 23.9 Å². The molecule has 0 amide bonds. The Bertz CT molecular complexity index is 654. The average Bonchev–Trinajstić information content (AvgIpc) is 2.61. The van der Waals surface area contributed by atoms with E-state index in [1.165, 1.54) is 18.2 Å². The van der Waals surface area contributed by atoms with Gasteiger partial charge in [-0.05, 0) is 38.1 Å². The third-order valence-corrected chi connectivity index (χ3v) is 3.10. The van der Waals surface area contributed by atoms with Crippen molar-refractivity contribution in [1.29, 1.82) is 0 Å². The maximum absolute atomic E-state index is 12.0. The number of ketones is 1. The number of aromatic hydroxyl groups is 1. The molecule has 1 N–H and O–H groups in total. The van der Waals surface area contributed by atoms with Crippen molar-refractivity contribution >= 4 is 11.9 Å². The zero-order valence-corrected chi connectivity index (χ0v) is 11.2. The highest BCUT2D eigenvalue weighted by atomic mass is 16.3. The van der Waals surface area contributed by atoms with Crippen LogP contribution in [0.15, 0.2) is 30.3 Å². The minimum atomic E-state index is -0.140. The summed E-state index contributed by atoms with van der Waals surface area (Å²) in [6.07, 6.45) is 3.27. The summed E-state index contributed by atoms with van der Waals surface area (Å²) < 4.78 is 1.79. The molecule has 1 aromatic carbocycles. The number of phenolic OH excluding ortho intramolecular Hbond substituents is 1. The van der Waals surface area contributed by atoms with E-state index < -0.39 is 0 Å². The van der Waals surface area contributed by atoms with Crippen LogP contribution in [-0.2, 0) is 7.05 Å². The van der Waals surface area contributed by atoms with Crippen molar-refractivity contribution in [3.05, 3.63) is 52.9 Å². The minimum Gasteiger partial charge on any atom is -0.508 e. The molecule has 98 valence electrons. The topological polar surface area (TPSA) is 55.1 Å². The Morgan fingerprint density at radius 1 is 1.37 bits per heavy atom. The number of nitrogens with zero attached hydrogens (tertiary/aromatic N) is 2. The number of carbonyl (C=O) groups excluding carboxylic acids is 1. The molecule has 0 aliphatic carbocycles. The number of hydrogen-bond donors (Lipinski definition) is 1. The highest BCUT2D eigenvalue weighted by Crippen LogP contribution is 2.16. The first-order valence-electron chi connectivity index (χ1n) is 6.00. The van der Waals surface area contributed by atoms with Crippen LogP contribution >= 0.6 is 0 Å². The first-order chi connectivity index (χ1) is 8.99. The Balaban J connectivity index is 2.26. The predicted molar refractivity (Wildman–Crippen MR) is 74.2 cm³/mol. The molecule has 1 aromatic heterocycles. The first kappa shape index (κ1) is 13.1. The number of phenols is 1. The Morgan fingerprint density at radius 3 is 2.68 bits per heavy atom. The molecule has 1 heterocycles. The van der Waals surface area contributed by atoms with E-state index >= 15 is 0 Å². The summed E-state index contributed by atoms with van der Waals surface area (Å²) in [5.41, 5.74) is 3.32. The van der Waals surface area contributed by atoms with Crippen LogP contribution in [0, 0.1) is 13.8 Å². The fourth-order valence-corrected chi connectivity index (χ4v) is 1.95. The molecule has 0 saturated carbocycles. The summed E-state index contributed by atoms with van der Waals surface area (Å²) in [5.74, 6) is -0.0495. The van der Waals surface area contributed by atoms with Gasteiger partial charge in [-0.2, -0.15) is 5.10 Å². The molecule has 0 radical (unpaired) electrons. The van der Waals surface area contributed by atoms with Gasteiger partial charge in [-0.3, -0.25) is 9.48 Å². The number of hydrogen-bond acceptors (Lipinski definition) is 3. The lowest BCUT2D eigenvalue weighted by Gasteiger charge is -1.97. The van der Waals surface area contributed by atoms with Gasteiger partial charge < -0.3 is 5.11 Å². The largest absolute Gasteiger partial charge is 0.508 e.